The SMILES string of the molecule is CCNCC(C)(F)NCC(C)(F)NCC.[HH].[HH].[HH]. The van der Waals surface area contributed by atoms with E-state index in [1.807, 2.05) is 13.8 Å². The van der Waals surface area contributed by atoms with Gasteiger partial charge in [-0.15, -0.1) is 0 Å². The summed E-state index contributed by atoms with van der Waals surface area (Å²) in [5.74, 6) is -3.16. The van der Waals surface area contributed by atoms with E-state index in [0.717, 1.165) is 0 Å². The van der Waals surface area contributed by atoms with E-state index < -0.39 is 11.6 Å². The van der Waals surface area contributed by atoms with Crippen molar-refractivity contribution in [1.82, 2.24) is 16.0 Å². The van der Waals surface area contributed by atoms with Crippen LogP contribution in [0.2, 0.25) is 0 Å². The minimum absolute atomic E-state index is 0. The van der Waals surface area contributed by atoms with Gasteiger partial charge < -0.3 is 5.32 Å². The molecule has 0 aromatic carbocycles. The Morgan fingerprint density at radius 1 is 0.933 bits per heavy atom. The van der Waals surface area contributed by atoms with Gasteiger partial charge in [0.15, 0.2) is 11.6 Å². The molecule has 15 heavy (non-hydrogen) atoms. The van der Waals surface area contributed by atoms with Crippen LogP contribution < -0.4 is 16.0 Å². The van der Waals surface area contributed by atoms with Gasteiger partial charge in [-0.2, -0.15) is 0 Å². The van der Waals surface area contributed by atoms with Gasteiger partial charge >= 0.3 is 0 Å². The number of rotatable bonds is 8. The highest BCUT2D eigenvalue weighted by molar-refractivity contribution is 4.80. The molecule has 0 saturated carbocycles. The smallest absolute Gasteiger partial charge is 0.171 e. The van der Waals surface area contributed by atoms with Gasteiger partial charge in [-0.25, -0.2) is 8.78 Å². The van der Waals surface area contributed by atoms with Crippen LogP contribution in [0, 0.1) is 0 Å². The van der Waals surface area contributed by atoms with E-state index in [2.05, 4.69) is 16.0 Å². The van der Waals surface area contributed by atoms with Crippen LogP contribution >= 0.6 is 0 Å². The van der Waals surface area contributed by atoms with E-state index in [0.29, 0.717) is 13.1 Å². The average molecular weight is 229 g/mol. The fraction of sp³-hybridized carbons (Fsp3) is 1.00. The molecule has 0 saturated heterocycles. The molecule has 0 aliphatic rings. The molecule has 0 aromatic heterocycles. The van der Waals surface area contributed by atoms with Gasteiger partial charge in [-0.1, -0.05) is 13.8 Å². The van der Waals surface area contributed by atoms with Crippen LogP contribution in [0.1, 0.15) is 32.0 Å². The lowest BCUT2D eigenvalue weighted by molar-refractivity contribution is 0.0759. The third kappa shape index (κ3) is 7.64. The molecule has 2 atom stereocenters. The van der Waals surface area contributed by atoms with Crippen LogP contribution in [0.25, 0.3) is 0 Å². The van der Waals surface area contributed by atoms with Crippen molar-refractivity contribution < 1.29 is 13.1 Å². The van der Waals surface area contributed by atoms with Crippen LogP contribution in [-0.4, -0.2) is 37.8 Å². The third-order valence-electron chi connectivity index (χ3n) is 2.04. The Hall–Kier alpha value is -0.260. The molecule has 3 N–H and O–H groups in total. The van der Waals surface area contributed by atoms with Gasteiger partial charge in [0, 0.05) is 17.4 Å². The number of halogens is 2. The van der Waals surface area contributed by atoms with Crippen molar-refractivity contribution in [3.8, 4) is 0 Å². The molecule has 0 aliphatic heterocycles. The summed E-state index contributed by atoms with van der Waals surface area (Å²) < 4.78 is 27.3. The summed E-state index contributed by atoms with van der Waals surface area (Å²) >= 11 is 0. The molecule has 0 radical (unpaired) electrons. The Morgan fingerprint density at radius 3 is 1.93 bits per heavy atom. The Morgan fingerprint density at radius 2 is 1.47 bits per heavy atom. The van der Waals surface area contributed by atoms with Gasteiger partial charge in [0.25, 0.3) is 0 Å². The zero-order valence-electron chi connectivity index (χ0n) is 10.1. The predicted octanol–water partition coefficient (Wildman–Crippen LogP) is 1.90. The van der Waals surface area contributed by atoms with Crippen molar-refractivity contribution in [2.24, 2.45) is 0 Å². The first-order valence-electron chi connectivity index (χ1n) is 5.41. The summed E-state index contributed by atoms with van der Waals surface area (Å²) in [4.78, 5) is 0. The molecule has 0 bridgehead atoms. The molecule has 0 fully saturated rings. The largest absolute Gasteiger partial charge is 0.313 e. The molecule has 3 nitrogen and oxygen atoms in total. The Labute approximate surface area is 95.5 Å². The first-order valence-corrected chi connectivity index (χ1v) is 5.41. The van der Waals surface area contributed by atoms with Gasteiger partial charge in [-0.05, 0) is 26.9 Å². The van der Waals surface area contributed by atoms with Gasteiger partial charge in [0.1, 0.15) is 0 Å². The van der Waals surface area contributed by atoms with Crippen LogP contribution in [0.5, 0.6) is 0 Å². The second kappa shape index (κ2) is 6.35. The second-order valence-electron chi connectivity index (χ2n) is 4.06. The first kappa shape index (κ1) is 14.7. The fourth-order valence-electron chi connectivity index (χ4n) is 1.20. The van der Waals surface area contributed by atoms with Crippen molar-refractivity contribution in [2.75, 3.05) is 26.2 Å². The van der Waals surface area contributed by atoms with Gasteiger partial charge in [-0.3, -0.25) is 10.6 Å². The lowest BCUT2D eigenvalue weighted by Crippen LogP contribution is -2.54. The molecule has 0 aliphatic carbocycles. The molecular formula is C10H29F2N3. The highest BCUT2D eigenvalue weighted by Gasteiger charge is 2.28. The van der Waals surface area contributed by atoms with Crippen molar-refractivity contribution >= 4 is 0 Å². The molecule has 98 valence electrons. The van der Waals surface area contributed by atoms with Crippen molar-refractivity contribution in [3.63, 3.8) is 0 Å². The molecule has 0 rings (SSSR count). The van der Waals surface area contributed by atoms with Crippen LogP contribution in [0.3, 0.4) is 0 Å². The lowest BCUT2D eigenvalue weighted by atomic mass is 10.2. The summed E-state index contributed by atoms with van der Waals surface area (Å²) in [7, 11) is 0. The minimum atomic E-state index is -1.58. The van der Waals surface area contributed by atoms with E-state index in [9.17, 15) is 8.78 Å². The van der Waals surface area contributed by atoms with E-state index in [4.69, 9.17) is 0 Å². The summed E-state index contributed by atoms with van der Waals surface area (Å²) in [6.45, 7) is 7.83. The predicted molar refractivity (Wildman–Crippen MR) is 65.6 cm³/mol. The third-order valence-corrected chi connectivity index (χ3v) is 2.04. The molecule has 0 aromatic rings. The molecular weight excluding hydrogens is 200 g/mol. The van der Waals surface area contributed by atoms with Crippen molar-refractivity contribution in [3.05, 3.63) is 0 Å². The topological polar surface area (TPSA) is 36.1 Å². The van der Waals surface area contributed by atoms with E-state index in [-0.39, 0.29) is 17.4 Å². The zero-order valence-corrected chi connectivity index (χ0v) is 10.1. The summed E-state index contributed by atoms with van der Waals surface area (Å²) in [6.07, 6.45) is 0. The average Bonchev–Trinajstić information content (AvgIpc) is 2.12. The number of likely N-dealkylation sites (N-methyl/N-ethyl adjacent to an activating group) is 2. The van der Waals surface area contributed by atoms with Gasteiger partial charge in [0.2, 0.25) is 0 Å². The van der Waals surface area contributed by atoms with Crippen molar-refractivity contribution in [2.45, 2.75) is 39.3 Å². The maximum atomic E-state index is 13.7. The Bertz CT molecular complexity index is 184. The summed E-state index contributed by atoms with van der Waals surface area (Å²) in [5.41, 5.74) is 0. The Balaban J connectivity index is -0.000000327. The number of hydrogen-bond donors (Lipinski definition) is 3. The van der Waals surface area contributed by atoms with Crippen molar-refractivity contribution in [1.29, 1.82) is 0 Å². The minimum Gasteiger partial charge on any atom is -0.313 e. The highest BCUT2D eigenvalue weighted by Crippen LogP contribution is 2.08. The number of alkyl halides is 2. The van der Waals surface area contributed by atoms with Crippen LogP contribution in [-0.2, 0) is 0 Å². The monoisotopic (exact) mass is 229 g/mol. The maximum Gasteiger partial charge on any atom is 0.171 e. The first-order chi connectivity index (χ1) is 6.83. The lowest BCUT2D eigenvalue weighted by Gasteiger charge is -2.28. The van der Waals surface area contributed by atoms with Crippen LogP contribution in [0.4, 0.5) is 8.78 Å². The van der Waals surface area contributed by atoms with E-state index in [1.54, 1.807) is 0 Å². The Kier molecular flexibility index (Phi) is 6.24. The maximum absolute atomic E-state index is 13.7. The van der Waals surface area contributed by atoms with Gasteiger partial charge in [0.05, 0.1) is 0 Å². The molecule has 0 heterocycles. The van der Waals surface area contributed by atoms with Crippen LogP contribution in [0.15, 0.2) is 0 Å². The molecule has 0 spiro atoms. The zero-order chi connectivity index (χ0) is 11.9. The van der Waals surface area contributed by atoms with E-state index in [1.165, 1.54) is 13.8 Å². The second-order valence-corrected chi connectivity index (χ2v) is 4.06. The molecule has 2 unspecified atom stereocenters. The standard InChI is InChI=1S/C10H23F2N3.3H2/c1-5-13-7-9(3,11)15-8-10(4,12)14-6-2;;;/h13-15H,5-8H2,1-4H3;3*1H. The number of nitrogens with one attached hydrogen (secondary N) is 3. The summed E-state index contributed by atoms with van der Waals surface area (Å²) in [6, 6.07) is 0. The molecule has 5 heteroatoms. The summed E-state index contributed by atoms with van der Waals surface area (Å²) in [5, 5.41) is 8.06. The fourth-order valence-corrected chi connectivity index (χ4v) is 1.20. The normalized spacial score (nSPS) is 19.6. The van der Waals surface area contributed by atoms with E-state index >= 15 is 0 Å². The molecule has 0 amide bonds. The highest BCUT2D eigenvalue weighted by atomic mass is 19.2. The quantitative estimate of drug-likeness (QED) is 0.556. The number of hydrogen-bond acceptors (Lipinski definition) is 3.